The van der Waals surface area contributed by atoms with Gasteiger partial charge >= 0.3 is 5.97 Å². The number of ether oxygens (including phenoxy) is 1. The Morgan fingerprint density at radius 3 is 2.93 bits per heavy atom. The summed E-state index contributed by atoms with van der Waals surface area (Å²) in [5, 5.41) is 0.594. The number of hydrogen-bond acceptors (Lipinski definition) is 6. The van der Waals surface area contributed by atoms with Gasteiger partial charge in [0.15, 0.2) is 5.16 Å². The number of carbonyl (C=O) groups excluding carboxylic acids is 1. The number of hydrogen-bond donors (Lipinski definition) is 1. The van der Waals surface area contributed by atoms with E-state index in [0.29, 0.717) is 23.1 Å². The SMILES string of the molecule is COC(=O)CCSc1nc(C)cc(N)n1. The van der Waals surface area contributed by atoms with Crippen LogP contribution < -0.4 is 5.73 Å². The van der Waals surface area contributed by atoms with Crippen LogP contribution >= 0.6 is 11.8 Å². The predicted octanol–water partition coefficient (Wildman–Crippen LogP) is 1.02. The quantitative estimate of drug-likeness (QED) is 0.470. The van der Waals surface area contributed by atoms with Crippen molar-refractivity contribution in [2.24, 2.45) is 0 Å². The van der Waals surface area contributed by atoms with Gasteiger partial charge < -0.3 is 10.5 Å². The molecular weight excluding hydrogens is 214 g/mol. The molecule has 1 aromatic rings. The van der Waals surface area contributed by atoms with Crippen LogP contribution in [0.15, 0.2) is 11.2 Å². The maximum Gasteiger partial charge on any atom is 0.306 e. The second-order valence-electron chi connectivity index (χ2n) is 2.89. The van der Waals surface area contributed by atoms with Crippen molar-refractivity contribution in [1.82, 2.24) is 9.97 Å². The average molecular weight is 227 g/mol. The zero-order valence-corrected chi connectivity index (χ0v) is 9.50. The Kier molecular flexibility index (Phi) is 4.36. The zero-order valence-electron chi connectivity index (χ0n) is 8.69. The molecule has 82 valence electrons. The lowest BCUT2D eigenvalue weighted by Gasteiger charge is -2.01. The molecule has 0 amide bonds. The van der Waals surface area contributed by atoms with Crippen LogP contribution in [-0.4, -0.2) is 28.8 Å². The first-order chi connectivity index (χ1) is 7.11. The molecule has 1 aromatic heterocycles. The second kappa shape index (κ2) is 5.55. The summed E-state index contributed by atoms with van der Waals surface area (Å²) in [6, 6.07) is 1.70. The van der Waals surface area contributed by atoms with Gasteiger partial charge in [0.1, 0.15) is 5.82 Å². The molecule has 0 aliphatic heterocycles. The highest BCUT2D eigenvalue weighted by molar-refractivity contribution is 7.99. The maximum absolute atomic E-state index is 10.8. The van der Waals surface area contributed by atoms with Crippen molar-refractivity contribution in [3.63, 3.8) is 0 Å². The fourth-order valence-corrected chi connectivity index (χ4v) is 1.79. The van der Waals surface area contributed by atoms with Crippen molar-refractivity contribution in [3.8, 4) is 0 Å². The summed E-state index contributed by atoms with van der Waals surface area (Å²) in [7, 11) is 1.37. The summed E-state index contributed by atoms with van der Waals surface area (Å²) >= 11 is 1.39. The van der Waals surface area contributed by atoms with Crippen LogP contribution in [0.5, 0.6) is 0 Å². The minimum atomic E-state index is -0.233. The molecule has 0 aromatic carbocycles. The predicted molar refractivity (Wildman–Crippen MR) is 58.5 cm³/mol. The van der Waals surface area contributed by atoms with Gasteiger partial charge in [0.25, 0.3) is 0 Å². The Labute approximate surface area is 92.4 Å². The van der Waals surface area contributed by atoms with E-state index < -0.39 is 0 Å². The van der Waals surface area contributed by atoms with E-state index >= 15 is 0 Å². The molecular formula is C9H13N3O2S. The molecule has 5 nitrogen and oxygen atoms in total. The van der Waals surface area contributed by atoms with Crippen molar-refractivity contribution < 1.29 is 9.53 Å². The molecule has 0 atom stereocenters. The third-order valence-corrected chi connectivity index (χ3v) is 2.47. The third-order valence-electron chi connectivity index (χ3n) is 1.62. The third kappa shape index (κ3) is 4.16. The van der Waals surface area contributed by atoms with Crippen LogP contribution in [0.1, 0.15) is 12.1 Å². The first-order valence-corrected chi connectivity index (χ1v) is 5.41. The minimum Gasteiger partial charge on any atom is -0.469 e. The fraction of sp³-hybridized carbons (Fsp3) is 0.444. The fourth-order valence-electron chi connectivity index (χ4n) is 0.957. The van der Waals surface area contributed by atoms with Gasteiger partial charge in [-0.25, -0.2) is 9.97 Å². The van der Waals surface area contributed by atoms with Crippen molar-refractivity contribution in [1.29, 1.82) is 0 Å². The van der Waals surface area contributed by atoms with E-state index in [0.717, 1.165) is 5.69 Å². The Morgan fingerprint density at radius 2 is 2.33 bits per heavy atom. The molecule has 0 saturated heterocycles. The van der Waals surface area contributed by atoms with E-state index in [4.69, 9.17) is 5.73 Å². The van der Waals surface area contributed by atoms with Gasteiger partial charge in [0.2, 0.25) is 0 Å². The number of anilines is 1. The molecule has 0 aliphatic rings. The molecule has 6 heteroatoms. The first kappa shape index (κ1) is 11.8. The number of nitrogen functional groups attached to an aromatic ring is 1. The van der Waals surface area contributed by atoms with E-state index in [1.54, 1.807) is 6.07 Å². The van der Waals surface area contributed by atoms with E-state index in [1.807, 2.05) is 6.92 Å². The van der Waals surface area contributed by atoms with Crippen LogP contribution in [0.3, 0.4) is 0 Å². The van der Waals surface area contributed by atoms with Gasteiger partial charge in [-0.15, -0.1) is 0 Å². The molecule has 0 radical (unpaired) electrons. The number of rotatable bonds is 4. The van der Waals surface area contributed by atoms with Gasteiger partial charge in [0, 0.05) is 17.5 Å². The summed E-state index contributed by atoms with van der Waals surface area (Å²) in [5.74, 6) is 0.807. The van der Waals surface area contributed by atoms with Crippen LogP contribution in [0.25, 0.3) is 0 Å². The average Bonchev–Trinajstić information content (AvgIpc) is 2.16. The summed E-state index contributed by atoms with van der Waals surface area (Å²) in [5.41, 5.74) is 6.38. The van der Waals surface area contributed by atoms with Gasteiger partial charge in [0.05, 0.1) is 13.5 Å². The number of nitrogens with two attached hydrogens (primary N) is 1. The Hall–Kier alpha value is -1.30. The molecule has 0 saturated carbocycles. The molecule has 0 aliphatic carbocycles. The smallest absolute Gasteiger partial charge is 0.306 e. The highest BCUT2D eigenvalue weighted by Gasteiger charge is 2.04. The van der Waals surface area contributed by atoms with Crippen LogP contribution in [0.4, 0.5) is 5.82 Å². The highest BCUT2D eigenvalue weighted by Crippen LogP contribution is 2.15. The summed E-state index contributed by atoms with van der Waals surface area (Å²) < 4.78 is 4.52. The lowest BCUT2D eigenvalue weighted by molar-refractivity contribution is -0.140. The molecule has 0 spiro atoms. The van der Waals surface area contributed by atoms with Gasteiger partial charge in [-0.2, -0.15) is 0 Å². The monoisotopic (exact) mass is 227 g/mol. The second-order valence-corrected chi connectivity index (χ2v) is 3.95. The number of nitrogens with zero attached hydrogens (tertiary/aromatic N) is 2. The zero-order chi connectivity index (χ0) is 11.3. The number of esters is 1. The van der Waals surface area contributed by atoms with Crippen molar-refractivity contribution in [2.45, 2.75) is 18.5 Å². The maximum atomic E-state index is 10.8. The number of thioether (sulfide) groups is 1. The summed E-state index contributed by atoms with van der Waals surface area (Å²) in [4.78, 5) is 19.0. The standard InChI is InChI=1S/C9H13N3O2S/c1-6-5-7(10)12-9(11-6)15-4-3-8(13)14-2/h5H,3-4H2,1-2H3,(H2,10,11,12). The number of carbonyl (C=O) groups is 1. The number of aryl methyl sites for hydroxylation is 1. The van der Waals surface area contributed by atoms with Crippen LogP contribution in [0, 0.1) is 6.92 Å². The van der Waals surface area contributed by atoms with Crippen molar-refractivity contribution in [2.75, 3.05) is 18.6 Å². The molecule has 15 heavy (non-hydrogen) atoms. The highest BCUT2D eigenvalue weighted by atomic mass is 32.2. The Balaban J connectivity index is 2.47. The Bertz CT molecular complexity index is 337. The van der Waals surface area contributed by atoms with Crippen molar-refractivity contribution in [3.05, 3.63) is 11.8 Å². The van der Waals surface area contributed by atoms with E-state index in [2.05, 4.69) is 14.7 Å². The van der Waals surface area contributed by atoms with E-state index in [1.165, 1.54) is 18.9 Å². The lowest BCUT2D eigenvalue weighted by atomic mass is 10.4. The molecule has 0 bridgehead atoms. The number of methoxy groups -OCH3 is 1. The summed E-state index contributed by atoms with van der Waals surface area (Å²) in [6.45, 7) is 1.85. The first-order valence-electron chi connectivity index (χ1n) is 4.42. The van der Waals surface area contributed by atoms with E-state index in [-0.39, 0.29) is 5.97 Å². The Morgan fingerprint density at radius 1 is 1.60 bits per heavy atom. The van der Waals surface area contributed by atoms with Crippen LogP contribution in [0.2, 0.25) is 0 Å². The lowest BCUT2D eigenvalue weighted by Crippen LogP contribution is -2.02. The minimum absolute atomic E-state index is 0.233. The van der Waals surface area contributed by atoms with Gasteiger partial charge in [-0.3, -0.25) is 4.79 Å². The summed E-state index contributed by atoms with van der Waals surface area (Å²) in [6.07, 6.45) is 0.346. The molecule has 0 fully saturated rings. The number of aromatic nitrogens is 2. The van der Waals surface area contributed by atoms with Crippen LogP contribution in [-0.2, 0) is 9.53 Å². The molecule has 1 heterocycles. The molecule has 2 N–H and O–H groups in total. The largest absolute Gasteiger partial charge is 0.469 e. The van der Waals surface area contributed by atoms with Gasteiger partial charge in [-0.1, -0.05) is 11.8 Å². The normalized spacial score (nSPS) is 10.0. The van der Waals surface area contributed by atoms with Crippen molar-refractivity contribution >= 4 is 23.5 Å². The molecule has 1 rings (SSSR count). The topological polar surface area (TPSA) is 78.1 Å². The van der Waals surface area contributed by atoms with E-state index in [9.17, 15) is 4.79 Å². The van der Waals surface area contributed by atoms with Gasteiger partial charge in [-0.05, 0) is 6.92 Å². The molecule has 0 unspecified atom stereocenters.